The number of carbonyl (C=O) groups is 1. The van der Waals surface area contributed by atoms with Gasteiger partial charge >= 0.3 is 0 Å². The molecule has 1 aromatic heterocycles. The average molecular weight is 502 g/mol. The molecule has 0 bridgehead atoms. The Labute approximate surface area is 208 Å². The van der Waals surface area contributed by atoms with Gasteiger partial charge in [-0.15, -0.1) is 0 Å². The molecule has 3 aromatic rings. The molecule has 0 unspecified atom stereocenters. The third kappa shape index (κ3) is 5.13. The van der Waals surface area contributed by atoms with Crippen LogP contribution in [0, 0.1) is 0 Å². The standard InChI is InChI=1S/C25H28ClN3O4S/c1-4-31-20-13-17(14-21(32-5-2)23(20)33-6-3)24(30)27-15-19-22(16-7-9-18(26)10-8-16)28-25-29(19)11-12-34-25/h7-10,13-14H,4-6,11-12,15H2,1-3H3,(H,27,30). The summed E-state index contributed by atoms with van der Waals surface area (Å²) < 4.78 is 19.4. The number of thioether (sulfide) groups is 1. The van der Waals surface area contributed by atoms with Gasteiger partial charge in [-0.25, -0.2) is 4.98 Å². The van der Waals surface area contributed by atoms with E-state index in [4.69, 9.17) is 30.8 Å². The van der Waals surface area contributed by atoms with E-state index in [1.807, 2.05) is 45.0 Å². The molecule has 1 aliphatic heterocycles. The Balaban J connectivity index is 1.61. The summed E-state index contributed by atoms with van der Waals surface area (Å²) in [7, 11) is 0. The molecule has 0 saturated carbocycles. The lowest BCUT2D eigenvalue weighted by atomic mass is 10.1. The fourth-order valence-corrected chi connectivity index (χ4v) is 4.93. The van der Waals surface area contributed by atoms with Crippen LogP contribution in [0.25, 0.3) is 11.3 Å². The highest BCUT2D eigenvalue weighted by Gasteiger charge is 2.24. The zero-order valence-electron chi connectivity index (χ0n) is 19.5. The zero-order valence-corrected chi connectivity index (χ0v) is 21.1. The molecule has 34 heavy (non-hydrogen) atoms. The lowest BCUT2D eigenvalue weighted by Gasteiger charge is -2.17. The van der Waals surface area contributed by atoms with E-state index in [-0.39, 0.29) is 5.91 Å². The van der Waals surface area contributed by atoms with Gasteiger partial charge in [0.2, 0.25) is 5.75 Å². The van der Waals surface area contributed by atoms with E-state index in [9.17, 15) is 4.79 Å². The smallest absolute Gasteiger partial charge is 0.251 e. The highest BCUT2D eigenvalue weighted by molar-refractivity contribution is 7.99. The minimum Gasteiger partial charge on any atom is -0.490 e. The first-order valence-electron chi connectivity index (χ1n) is 11.4. The number of nitrogens with one attached hydrogen (secondary N) is 1. The summed E-state index contributed by atoms with van der Waals surface area (Å²) in [6.45, 7) is 8.22. The van der Waals surface area contributed by atoms with Crippen molar-refractivity contribution in [2.75, 3.05) is 25.6 Å². The molecule has 2 heterocycles. The Kier molecular flexibility index (Phi) is 7.90. The highest BCUT2D eigenvalue weighted by Crippen LogP contribution is 2.39. The molecule has 180 valence electrons. The maximum Gasteiger partial charge on any atom is 0.251 e. The van der Waals surface area contributed by atoms with Gasteiger partial charge in [0.1, 0.15) is 0 Å². The minimum atomic E-state index is -0.229. The van der Waals surface area contributed by atoms with Crippen LogP contribution in [0.15, 0.2) is 41.6 Å². The third-order valence-corrected chi connectivity index (χ3v) is 6.50. The number of ether oxygens (including phenoxy) is 3. The summed E-state index contributed by atoms with van der Waals surface area (Å²) in [5.74, 6) is 2.23. The maximum absolute atomic E-state index is 13.2. The second-order valence-corrected chi connectivity index (χ2v) is 8.98. The van der Waals surface area contributed by atoms with Crippen molar-refractivity contribution in [3.63, 3.8) is 0 Å². The van der Waals surface area contributed by atoms with Crippen LogP contribution in [0.4, 0.5) is 0 Å². The third-order valence-electron chi connectivity index (χ3n) is 5.29. The molecule has 1 aliphatic rings. The predicted octanol–water partition coefficient (Wildman–Crippen LogP) is 5.44. The quantitative estimate of drug-likeness (QED) is 0.399. The van der Waals surface area contributed by atoms with Gasteiger partial charge in [-0.2, -0.15) is 0 Å². The first-order valence-corrected chi connectivity index (χ1v) is 12.7. The van der Waals surface area contributed by atoms with Crippen LogP contribution >= 0.6 is 23.4 Å². The SMILES string of the molecule is CCOc1cc(C(=O)NCc2c(-c3ccc(Cl)cc3)nc3n2CCS3)cc(OCC)c1OCC. The second kappa shape index (κ2) is 11.1. The number of halogens is 1. The largest absolute Gasteiger partial charge is 0.490 e. The molecule has 7 nitrogen and oxygen atoms in total. The summed E-state index contributed by atoms with van der Waals surface area (Å²) >= 11 is 7.79. The molecule has 0 radical (unpaired) electrons. The van der Waals surface area contributed by atoms with Crippen LogP contribution in [0.3, 0.4) is 0 Å². The van der Waals surface area contributed by atoms with Crippen LogP contribution < -0.4 is 19.5 Å². The molecule has 0 fully saturated rings. The predicted molar refractivity (Wildman–Crippen MR) is 135 cm³/mol. The Morgan fingerprint density at radius 2 is 1.71 bits per heavy atom. The van der Waals surface area contributed by atoms with Gasteiger partial charge < -0.3 is 24.1 Å². The number of fused-ring (bicyclic) bond motifs is 1. The molecular weight excluding hydrogens is 474 g/mol. The van der Waals surface area contributed by atoms with Gasteiger partial charge in [0, 0.05) is 28.4 Å². The van der Waals surface area contributed by atoms with Crippen molar-refractivity contribution in [3.8, 4) is 28.5 Å². The molecule has 2 aromatic carbocycles. The topological polar surface area (TPSA) is 74.6 Å². The number of aromatic nitrogens is 2. The zero-order chi connectivity index (χ0) is 24.1. The van der Waals surface area contributed by atoms with E-state index in [2.05, 4.69) is 9.88 Å². The van der Waals surface area contributed by atoms with Gasteiger partial charge in [-0.05, 0) is 45.0 Å². The monoisotopic (exact) mass is 501 g/mol. The summed E-state index contributed by atoms with van der Waals surface area (Å²) in [5, 5.41) is 4.69. The maximum atomic E-state index is 13.2. The number of carbonyl (C=O) groups excluding carboxylic acids is 1. The number of rotatable bonds is 10. The van der Waals surface area contributed by atoms with Crippen LogP contribution in [-0.2, 0) is 13.1 Å². The Bertz CT molecular complexity index is 1140. The van der Waals surface area contributed by atoms with Gasteiger partial charge in [0.25, 0.3) is 5.91 Å². The molecule has 0 saturated heterocycles. The summed E-state index contributed by atoms with van der Waals surface area (Å²) in [5.41, 5.74) is 3.24. The fraction of sp³-hybridized carbons (Fsp3) is 0.360. The second-order valence-electron chi connectivity index (χ2n) is 7.48. The molecule has 1 N–H and O–H groups in total. The molecule has 0 aliphatic carbocycles. The van der Waals surface area contributed by atoms with Crippen molar-refractivity contribution in [2.24, 2.45) is 0 Å². The number of hydrogen-bond acceptors (Lipinski definition) is 6. The minimum absolute atomic E-state index is 0.229. The normalized spacial score (nSPS) is 12.4. The van der Waals surface area contributed by atoms with Gasteiger partial charge in [0.15, 0.2) is 16.7 Å². The molecule has 1 amide bonds. The van der Waals surface area contributed by atoms with Crippen LogP contribution in [0.2, 0.25) is 5.02 Å². The number of nitrogens with zero attached hydrogens (tertiary/aromatic N) is 2. The van der Waals surface area contributed by atoms with Gasteiger partial charge in [-0.3, -0.25) is 4.79 Å². The molecule has 9 heteroatoms. The average Bonchev–Trinajstić information content (AvgIpc) is 3.42. The summed E-state index contributed by atoms with van der Waals surface area (Å²) in [4.78, 5) is 18.0. The molecule has 0 spiro atoms. The first-order chi connectivity index (χ1) is 16.5. The van der Waals surface area contributed by atoms with E-state index >= 15 is 0 Å². The van der Waals surface area contributed by atoms with Gasteiger partial charge in [0.05, 0.1) is 37.8 Å². The fourth-order valence-electron chi connectivity index (χ4n) is 3.84. The summed E-state index contributed by atoms with van der Waals surface area (Å²) in [6.07, 6.45) is 0. The van der Waals surface area contributed by atoms with Crippen molar-refractivity contribution < 1.29 is 19.0 Å². The Hall–Kier alpha value is -2.84. The lowest BCUT2D eigenvalue weighted by molar-refractivity contribution is 0.0949. The van der Waals surface area contributed by atoms with E-state index < -0.39 is 0 Å². The van der Waals surface area contributed by atoms with E-state index in [0.29, 0.717) is 54.2 Å². The van der Waals surface area contributed by atoms with Crippen molar-refractivity contribution in [2.45, 2.75) is 39.0 Å². The van der Waals surface area contributed by atoms with Gasteiger partial charge in [-0.1, -0.05) is 35.5 Å². The number of imidazole rings is 1. The van der Waals surface area contributed by atoms with Crippen LogP contribution in [0.5, 0.6) is 17.2 Å². The Morgan fingerprint density at radius 3 is 2.32 bits per heavy atom. The highest BCUT2D eigenvalue weighted by atomic mass is 35.5. The van der Waals surface area contributed by atoms with E-state index in [0.717, 1.165) is 34.4 Å². The van der Waals surface area contributed by atoms with Crippen molar-refractivity contribution in [1.82, 2.24) is 14.9 Å². The van der Waals surface area contributed by atoms with E-state index in [1.165, 1.54) is 0 Å². The summed E-state index contributed by atoms with van der Waals surface area (Å²) in [6, 6.07) is 11.0. The van der Waals surface area contributed by atoms with Crippen LogP contribution in [-0.4, -0.2) is 41.0 Å². The van der Waals surface area contributed by atoms with Crippen molar-refractivity contribution >= 4 is 29.3 Å². The van der Waals surface area contributed by atoms with E-state index in [1.54, 1.807) is 23.9 Å². The van der Waals surface area contributed by atoms with Crippen molar-refractivity contribution in [1.29, 1.82) is 0 Å². The van der Waals surface area contributed by atoms with Crippen molar-refractivity contribution in [3.05, 3.63) is 52.7 Å². The first kappa shape index (κ1) is 24.3. The van der Waals surface area contributed by atoms with Crippen LogP contribution in [0.1, 0.15) is 36.8 Å². The Morgan fingerprint density at radius 1 is 1.06 bits per heavy atom. The molecular formula is C25H28ClN3O4S. The molecule has 0 atom stereocenters. The number of benzene rings is 2. The molecule has 4 rings (SSSR count). The lowest BCUT2D eigenvalue weighted by Crippen LogP contribution is -2.25. The number of amides is 1. The number of hydrogen-bond donors (Lipinski definition) is 1.